The van der Waals surface area contributed by atoms with E-state index in [9.17, 15) is 9.59 Å². The fourth-order valence-corrected chi connectivity index (χ4v) is 3.26. The Morgan fingerprint density at radius 2 is 1.38 bits per heavy atom. The van der Waals surface area contributed by atoms with E-state index < -0.39 is 5.92 Å². The Balaban J connectivity index is 2.31. The summed E-state index contributed by atoms with van der Waals surface area (Å²) < 4.78 is 0. The van der Waals surface area contributed by atoms with Crippen LogP contribution in [0, 0.1) is 11.8 Å². The van der Waals surface area contributed by atoms with Crippen LogP contribution in [-0.2, 0) is 9.59 Å². The Bertz CT molecular complexity index is 622. The lowest BCUT2D eigenvalue weighted by Gasteiger charge is -2.27. The maximum atomic E-state index is 13.0. The van der Waals surface area contributed by atoms with Crippen LogP contribution in [0.5, 0.6) is 0 Å². The molecule has 1 aromatic rings. The fourth-order valence-electron chi connectivity index (χ4n) is 3.26. The topological polar surface area (TPSA) is 58.2 Å². The Morgan fingerprint density at radius 3 is 1.92 bits per heavy atom. The first-order chi connectivity index (χ1) is 12.4. The van der Waals surface area contributed by atoms with Gasteiger partial charge >= 0.3 is 0 Å². The summed E-state index contributed by atoms with van der Waals surface area (Å²) >= 11 is 0. The van der Waals surface area contributed by atoms with E-state index in [-0.39, 0.29) is 30.3 Å². The number of rotatable bonds is 3. The Morgan fingerprint density at radius 1 is 0.846 bits per heavy atom. The van der Waals surface area contributed by atoms with Gasteiger partial charge in [-0.3, -0.25) is 9.59 Å². The maximum Gasteiger partial charge on any atom is 0.228 e. The minimum atomic E-state index is -0.464. The molecule has 0 radical (unpaired) electrons. The summed E-state index contributed by atoms with van der Waals surface area (Å²) in [7, 11) is 0. The van der Waals surface area contributed by atoms with Crippen molar-refractivity contribution in [1.82, 2.24) is 10.6 Å². The van der Waals surface area contributed by atoms with Crippen LogP contribution in [0.4, 0.5) is 0 Å². The largest absolute Gasteiger partial charge is 0.353 e. The van der Waals surface area contributed by atoms with Crippen molar-refractivity contribution in [3.8, 4) is 0 Å². The van der Waals surface area contributed by atoms with Crippen molar-refractivity contribution in [2.45, 2.75) is 65.0 Å². The molecule has 3 atom stereocenters. The molecular formula is C22H32N2O2. The predicted molar refractivity (Wildman–Crippen MR) is 106 cm³/mol. The van der Waals surface area contributed by atoms with Crippen molar-refractivity contribution >= 4 is 11.8 Å². The monoisotopic (exact) mass is 356 g/mol. The van der Waals surface area contributed by atoms with Crippen LogP contribution in [0.15, 0.2) is 42.5 Å². The number of hydrogen-bond acceptors (Lipinski definition) is 2. The smallest absolute Gasteiger partial charge is 0.228 e. The molecule has 26 heavy (non-hydrogen) atoms. The molecule has 0 spiro atoms. The fraction of sp³-hybridized carbons (Fsp3) is 0.545. The van der Waals surface area contributed by atoms with Crippen LogP contribution >= 0.6 is 0 Å². The number of carbonyl (C=O) groups excluding carboxylic acids is 2. The molecule has 1 aromatic carbocycles. The molecule has 0 fully saturated rings. The Hall–Kier alpha value is -2.10. The maximum absolute atomic E-state index is 13.0. The van der Waals surface area contributed by atoms with Crippen molar-refractivity contribution in [3.05, 3.63) is 48.0 Å². The van der Waals surface area contributed by atoms with E-state index in [4.69, 9.17) is 0 Å². The zero-order valence-electron chi connectivity index (χ0n) is 16.4. The lowest BCUT2D eigenvalue weighted by Crippen LogP contribution is -2.44. The molecule has 2 rings (SSSR count). The summed E-state index contributed by atoms with van der Waals surface area (Å²) in [6.45, 7) is 8.46. The molecule has 1 aliphatic heterocycles. The molecule has 2 N–H and O–H groups in total. The first-order valence-corrected chi connectivity index (χ1v) is 9.68. The molecule has 0 unspecified atom stereocenters. The van der Waals surface area contributed by atoms with Crippen LogP contribution in [-0.4, -0.2) is 23.9 Å². The summed E-state index contributed by atoms with van der Waals surface area (Å²) in [6, 6.07) is 9.77. The highest BCUT2D eigenvalue weighted by molar-refractivity contribution is 5.90. The molecule has 2 amide bonds. The summed E-state index contributed by atoms with van der Waals surface area (Å²) in [5.74, 6) is 0.0747. The first-order valence-electron chi connectivity index (χ1n) is 9.68. The van der Waals surface area contributed by atoms with E-state index in [0.29, 0.717) is 11.8 Å². The number of hydrogen-bond donors (Lipinski definition) is 2. The third-order valence-corrected chi connectivity index (χ3v) is 5.14. The van der Waals surface area contributed by atoms with Gasteiger partial charge in [-0.25, -0.2) is 0 Å². The number of benzene rings is 1. The van der Waals surface area contributed by atoms with E-state index in [0.717, 1.165) is 18.4 Å². The van der Waals surface area contributed by atoms with Crippen molar-refractivity contribution in [2.75, 3.05) is 0 Å². The summed E-state index contributed by atoms with van der Waals surface area (Å²) in [5.41, 5.74) is 0.886. The molecule has 4 nitrogen and oxygen atoms in total. The second-order valence-corrected chi connectivity index (χ2v) is 7.89. The van der Waals surface area contributed by atoms with Crippen molar-refractivity contribution in [1.29, 1.82) is 0 Å². The van der Waals surface area contributed by atoms with E-state index in [2.05, 4.69) is 50.5 Å². The van der Waals surface area contributed by atoms with Gasteiger partial charge in [0.25, 0.3) is 0 Å². The first kappa shape index (κ1) is 20.2. The highest BCUT2D eigenvalue weighted by Crippen LogP contribution is 2.22. The molecular weight excluding hydrogens is 324 g/mol. The predicted octanol–water partition coefficient (Wildman–Crippen LogP) is 3.79. The van der Waals surface area contributed by atoms with Gasteiger partial charge in [-0.05, 0) is 30.2 Å². The third kappa shape index (κ3) is 5.72. The molecule has 1 heterocycles. The van der Waals surface area contributed by atoms with E-state index in [1.54, 1.807) is 0 Å². The average Bonchev–Trinajstić information content (AvgIpc) is 2.60. The van der Waals surface area contributed by atoms with Gasteiger partial charge in [0.15, 0.2) is 0 Å². The molecule has 0 bridgehead atoms. The SMILES string of the molecule is CC(C)[C@@H]1C/C=C\C[C@H](C(C)C)NC(=O)C[C@@H](c2ccccc2)C(=O)N1. The summed E-state index contributed by atoms with van der Waals surface area (Å²) in [5, 5.41) is 6.29. The Labute approximate surface area is 157 Å². The highest BCUT2D eigenvalue weighted by atomic mass is 16.2. The molecule has 0 aliphatic carbocycles. The van der Waals surface area contributed by atoms with Crippen LogP contribution in [0.1, 0.15) is 58.4 Å². The summed E-state index contributed by atoms with van der Waals surface area (Å²) in [4.78, 5) is 25.6. The number of amides is 2. The van der Waals surface area contributed by atoms with Crippen molar-refractivity contribution in [3.63, 3.8) is 0 Å². The lowest BCUT2D eigenvalue weighted by molar-refractivity contribution is -0.129. The summed E-state index contributed by atoms with van der Waals surface area (Å²) in [6.07, 6.45) is 6.06. The van der Waals surface area contributed by atoms with Gasteiger partial charge in [-0.2, -0.15) is 0 Å². The lowest BCUT2D eigenvalue weighted by atomic mass is 9.91. The quantitative estimate of drug-likeness (QED) is 0.810. The average molecular weight is 357 g/mol. The van der Waals surface area contributed by atoms with Gasteiger partial charge in [-0.15, -0.1) is 0 Å². The molecule has 1 aliphatic rings. The second kappa shape index (κ2) is 9.56. The molecule has 0 saturated heterocycles. The van der Waals surface area contributed by atoms with E-state index >= 15 is 0 Å². The Kier molecular flexibility index (Phi) is 7.43. The number of nitrogens with one attached hydrogen (secondary N) is 2. The van der Waals surface area contributed by atoms with Gasteiger partial charge in [0.1, 0.15) is 0 Å². The molecule has 142 valence electrons. The van der Waals surface area contributed by atoms with Crippen LogP contribution in [0.3, 0.4) is 0 Å². The van der Waals surface area contributed by atoms with Crippen molar-refractivity contribution in [2.24, 2.45) is 11.8 Å². The normalized spacial score (nSPS) is 26.6. The van der Waals surface area contributed by atoms with E-state index in [1.165, 1.54) is 0 Å². The molecule has 4 heteroatoms. The second-order valence-electron chi connectivity index (χ2n) is 7.89. The number of carbonyl (C=O) groups is 2. The minimum Gasteiger partial charge on any atom is -0.353 e. The molecule has 0 saturated carbocycles. The molecule has 0 aromatic heterocycles. The van der Waals surface area contributed by atoms with Crippen LogP contribution < -0.4 is 10.6 Å². The zero-order chi connectivity index (χ0) is 19.1. The zero-order valence-corrected chi connectivity index (χ0v) is 16.4. The van der Waals surface area contributed by atoms with Gasteiger partial charge < -0.3 is 10.6 Å². The minimum absolute atomic E-state index is 0.0669. The van der Waals surface area contributed by atoms with E-state index in [1.807, 2.05) is 30.3 Å². The van der Waals surface area contributed by atoms with Gasteiger partial charge in [0.2, 0.25) is 11.8 Å². The third-order valence-electron chi connectivity index (χ3n) is 5.14. The van der Waals surface area contributed by atoms with Gasteiger partial charge in [0, 0.05) is 18.5 Å². The van der Waals surface area contributed by atoms with Crippen LogP contribution in [0.2, 0.25) is 0 Å². The van der Waals surface area contributed by atoms with Crippen molar-refractivity contribution < 1.29 is 9.59 Å². The van der Waals surface area contributed by atoms with Gasteiger partial charge in [0.05, 0.1) is 5.92 Å². The van der Waals surface area contributed by atoms with Gasteiger partial charge in [-0.1, -0.05) is 70.2 Å². The highest BCUT2D eigenvalue weighted by Gasteiger charge is 2.28. The standard InChI is InChI=1S/C22H32N2O2/c1-15(2)19-12-8-9-13-20(16(3)4)24-22(26)18(14-21(25)23-19)17-10-6-5-7-11-17/h5-11,15-16,18-20H,12-14H2,1-4H3,(H,23,25)(H,24,26)/b9-8-/t18-,19+,20-/m0/s1. The van der Waals surface area contributed by atoms with Crippen LogP contribution in [0.25, 0.3) is 0 Å².